The summed E-state index contributed by atoms with van der Waals surface area (Å²) in [5.41, 5.74) is 1.90. The third kappa shape index (κ3) is 10.3. The molecule has 7 heteroatoms. The van der Waals surface area contributed by atoms with Crippen molar-refractivity contribution in [1.82, 2.24) is 10.6 Å². The fraction of sp³-hybridized carbons (Fsp3) is 0.348. The van der Waals surface area contributed by atoms with Crippen LogP contribution in [0.2, 0.25) is 0 Å². The number of hydrogen-bond acceptors (Lipinski definition) is 5. The monoisotopic (exact) mass is 412 g/mol. The molecule has 0 atom stereocenters. The van der Waals surface area contributed by atoms with Crippen LogP contribution in [0.5, 0.6) is 0 Å². The van der Waals surface area contributed by atoms with Crippen molar-refractivity contribution >= 4 is 18.0 Å². The lowest BCUT2D eigenvalue weighted by molar-refractivity contribution is -0.121. The standard InChI is InChI=1S/C23H28N2O5/c26-21(17-19-9-3-1-4-10-19)24-13-7-15-29-23(28)30-16-8-14-25-22(27)18-20-11-5-2-6-12-20/h1-6,9-12H,7-8,13-18H2,(H,24,26)(H,25,27). The quantitative estimate of drug-likeness (QED) is 0.413. The minimum absolute atomic E-state index is 0.0712. The number of carbonyl (C=O) groups excluding carboxylic acids is 3. The van der Waals surface area contributed by atoms with Crippen molar-refractivity contribution in [2.45, 2.75) is 25.7 Å². The van der Waals surface area contributed by atoms with Crippen molar-refractivity contribution in [2.75, 3.05) is 26.3 Å². The van der Waals surface area contributed by atoms with E-state index in [4.69, 9.17) is 9.47 Å². The minimum Gasteiger partial charge on any atom is -0.434 e. The third-order valence-electron chi connectivity index (χ3n) is 4.14. The van der Waals surface area contributed by atoms with Crippen LogP contribution in [0.3, 0.4) is 0 Å². The molecule has 0 aromatic heterocycles. The number of hydrogen-bond donors (Lipinski definition) is 2. The Morgan fingerprint density at radius 1 is 0.633 bits per heavy atom. The molecule has 2 aromatic rings. The highest BCUT2D eigenvalue weighted by atomic mass is 16.7. The predicted octanol–water partition coefficient (Wildman–Crippen LogP) is 2.64. The fourth-order valence-corrected chi connectivity index (χ4v) is 2.64. The maximum absolute atomic E-state index is 11.8. The van der Waals surface area contributed by atoms with Crippen LogP contribution in [-0.4, -0.2) is 44.3 Å². The van der Waals surface area contributed by atoms with E-state index in [-0.39, 0.29) is 25.0 Å². The van der Waals surface area contributed by atoms with E-state index in [2.05, 4.69) is 10.6 Å². The van der Waals surface area contributed by atoms with Gasteiger partial charge in [0, 0.05) is 13.1 Å². The number of amides is 2. The van der Waals surface area contributed by atoms with Gasteiger partial charge in [-0.3, -0.25) is 9.59 Å². The summed E-state index contributed by atoms with van der Waals surface area (Å²) in [6, 6.07) is 18.9. The number of rotatable bonds is 12. The van der Waals surface area contributed by atoms with Crippen LogP contribution in [0, 0.1) is 0 Å². The van der Waals surface area contributed by atoms with Gasteiger partial charge in [0.15, 0.2) is 0 Å². The predicted molar refractivity (Wildman–Crippen MR) is 113 cm³/mol. The summed E-state index contributed by atoms with van der Waals surface area (Å²) in [5, 5.41) is 5.56. The zero-order chi connectivity index (χ0) is 21.4. The SMILES string of the molecule is O=C(Cc1ccccc1)NCCCOC(=O)OCCCNC(=O)Cc1ccccc1. The molecule has 2 amide bonds. The Balaban J connectivity index is 1.42. The normalized spacial score (nSPS) is 10.1. The molecule has 0 unspecified atom stereocenters. The first-order chi connectivity index (χ1) is 14.6. The number of carbonyl (C=O) groups is 3. The third-order valence-corrected chi connectivity index (χ3v) is 4.14. The number of ether oxygens (including phenoxy) is 2. The van der Waals surface area contributed by atoms with E-state index < -0.39 is 6.16 Å². The van der Waals surface area contributed by atoms with Gasteiger partial charge in [-0.2, -0.15) is 0 Å². The lowest BCUT2D eigenvalue weighted by Gasteiger charge is -2.08. The number of nitrogens with one attached hydrogen (secondary N) is 2. The molecule has 0 saturated heterocycles. The summed E-state index contributed by atoms with van der Waals surface area (Å²) in [5.74, 6) is -0.142. The summed E-state index contributed by atoms with van der Waals surface area (Å²) in [6.07, 6.45) is 0.911. The summed E-state index contributed by atoms with van der Waals surface area (Å²) in [7, 11) is 0. The average molecular weight is 412 g/mol. The van der Waals surface area contributed by atoms with Crippen molar-refractivity contribution in [1.29, 1.82) is 0 Å². The van der Waals surface area contributed by atoms with Crippen LogP contribution >= 0.6 is 0 Å². The second-order valence-corrected chi connectivity index (χ2v) is 6.68. The van der Waals surface area contributed by atoms with Crippen LogP contribution < -0.4 is 10.6 Å². The molecule has 2 aromatic carbocycles. The molecule has 0 spiro atoms. The Bertz CT molecular complexity index is 715. The van der Waals surface area contributed by atoms with Crippen molar-refractivity contribution in [3.63, 3.8) is 0 Å². The molecule has 160 valence electrons. The van der Waals surface area contributed by atoms with Crippen molar-refractivity contribution in [3.05, 3.63) is 71.8 Å². The highest BCUT2D eigenvalue weighted by molar-refractivity contribution is 5.78. The molecule has 0 aliphatic rings. The van der Waals surface area contributed by atoms with Crippen LogP contribution in [0.15, 0.2) is 60.7 Å². The first-order valence-corrected chi connectivity index (χ1v) is 10.0. The fourth-order valence-electron chi connectivity index (χ4n) is 2.64. The molecule has 30 heavy (non-hydrogen) atoms. The average Bonchev–Trinajstić information content (AvgIpc) is 2.74. The van der Waals surface area contributed by atoms with E-state index in [1.54, 1.807) is 0 Å². The van der Waals surface area contributed by atoms with Gasteiger partial charge in [-0.1, -0.05) is 60.7 Å². The Labute approximate surface area is 176 Å². The van der Waals surface area contributed by atoms with Crippen LogP contribution in [0.1, 0.15) is 24.0 Å². The summed E-state index contributed by atoms with van der Waals surface area (Å²) >= 11 is 0. The highest BCUT2D eigenvalue weighted by Crippen LogP contribution is 2.00. The lowest BCUT2D eigenvalue weighted by atomic mass is 10.1. The zero-order valence-corrected chi connectivity index (χ0v) is 17.0. The van der Waals surface area contributed by atoms with Gasteiger partial charge in [0.1, 0.15) is 0 Å². The molecule has 0 saturated carbocycles. The van der Waals surface area contributed by atoms with Gasteiger partial charge < -0.3 is 20.1 Å². The van der Waals surface area contributed by atoms with Gasteiger partial charge in [0.2, 0.25) is 11.8 Å². The van der Waals surface area contributed by atoms with Crippen molar-refractivity contribution in [3.8, 4) is 0 Å². The molecule has 2 N–H and O–H groups in total. The molecule has 2 rings (SSSR count). The van der Waals surface area contributed by atoms with E-state index in [0.29, 0.717) is 38.8 Å². The topological polar surface area (TPSA) is 93.7 Å². The Morgan fingerprint density at radius 2 is 1.03 bits per heavy atom. The first kappa shape index (κ1) is 22.9. The summed E-state index contributed by atoms with van der Waals surface area (Å²) < 4.78 is 9.90. The van der Waals surface area contributed by atoms with Crippen molar-refractivity contribution in [2.24, 2.45) is 0 Å². The molecule has 0 bridgehead atoms. The molecule has 0 aliphatic carbocycles. The maximum atomic E-state index is 11.8. The molecule has 0 aliphatic heterocycles. The Kier molecular flexibility index (Phi) is 10.5. The molecule has 0 heterocycles. The molecule has 7 nitrogen and oxygen atoms in total. The van der Waals surface area contributed by atoms with E-state index >= 15 is 0 Å². The van der Waals surface area contributed by atoms with Crippen LogP contribution in [-0.2, 0) is 31.9 Å². The first-order valence-electron chi connectivity index (χ1n) is 10.0. The second kappa shape index (κ2) is 13.8. The second-order valence-electron chi connectivity index (χ2n) is 6.68. The van der Waals surface area contributed by atoms with Crippen LogP contribution in [0.25, 0.3) is 0 Å². The molecular weight excluding hydrogens is 384 g/mol. The van der Waals surface area contributed by atoms with Crippen molar-refractivity contribution < 1.29 is 23.9 Å². The van der Waals surface area contributed by atoms with Gasteiger partial charge in [-0.05, 0) is 24.0 Å². The summed E-state index contributed by atoms with van der Waals surface area (Å²) in [4.78, 5) is 35.1. The van der Waals surface area contributed by atoms with Gasteiger partial charge >= 0.3 is 6.16 Å². The Morgan fingerprint density at radius 3 is 1.43 bits per heavy atom. The molecule has 0 fully saturated rings. The minimum atomic E-state index is -0.749. The largest absolute Gasteiger partial charge is 0.508 e. The van der Waals surface area contributed by atoms with Gasteiger partial charge in [-0.15, -0.1) is 0 Å². The zero-order valence-electron chi connectivity index (χ0n) is 17.0. The van der Waals surface area contributed by atoms with E-state index in [9.17, 15) is 14.4 Å². The number of benzene rings is 2. The smallest absolute Gasteiger partial charge is 0.434 e. The van der Waals surface area contributed by atoms with E-state index in [0.717, 1.165) is 11.1 Å². The van der Waals surface area contributed by atoms with E-state index in [1.807, 2.05) is 60.7 Å². The molecular formula is C23H28N2O5. The maximum Gasteiger partial charge on any atom is 0.508 e. The highest BCUT2D eigenvalue weighted by Gasteiger charge is 2.06. The van der Waals surface area contributed by atoms with Crippen LogP contribution in [0.4, 0.5) is 4.79 Å². The Hall–Kier alpha value is -3.35. The summed E-state index contributed by atoms with van der Waals surface area (Å²) in [6.45, 7) is 1.18. The van der Waals surface area contributed by atoms with Gasteiger partial charge in [0.25, 0.3) is 0 Å². The van der Waals surface area contributed by atoms with Gasteiger partial charge in [0.05, 0.1) is 26.1 Å². The molecule has 0 radical (unpaired) electrons. The van der Waals surface area contributed by atoms with Gasteiger partial charge in [-0.25, -0.2) is 4.79 Å². The van der Waals surface area contributed by atoms with E-state index in [1.165, 1.54) is 0 Å². The lowest BCUT2D eigenvalue weighted by Crippen LogP contribution is -2.27.